The number of hydrogen-bond donors (Lipinski definition) is 1. The van der Waals surface area contributed by atoms with Gasteiger partial charge < -0.3 is 10.1 Å². The Hall–Kier alpha value is -2.18. The summed E-state index contributed by atoms with van der Waals surface area (Å²) < 4.78 is 5.75. The predicted molar refractivity (Wildman–Crippen MR) is 83.6 cm³/mol. The molecule has 0 spiro atoms. The van der Waals surface area contributed by atoms with Crippen LogP contribution in [0.2, 0.25) is 5.02 Å². The molecule has 1 aliphatic rings. The third-order valence-corrected chi connectivity index (χ3v) is 4.05. The van der Waals surface area contributed by atoms with E-state index in [0.29, 0.717) is 23.1 Å². The van der Waals surface area contributed by atoms with Gasteiger partial charge >= 0.3 is 0 Å². The minimum absolute atomic E-state index is 0.166. The van der Waals surface area contributed by atoms with E-state index in [4.69, 9.17) is 21.6 Å². The lowest BCUT2D eigenvalue weighted by Gasteiger charge is -2.32. The van der Waals surface area contributed by atoms with Gasteiger partial charge in [-0.05, 0) is 24.3 Å². The Morgan fingerprint density at radius 2 is 2.10 bits per heavy atom. The van der Waals surface area contributed by atoms with Crippen molar-refractivity contribution in [3.8, 4) is 11.8 Å². The molecular weight excluding hydrogens is 284 g/mol. The van der Waals surface area contributed by atoms with Crippen LogP contribution in [-0.2, 0) is 0 Å². The average molecular weight is 299 g/mol. The molecule has 0 fully saturated rings. The van der Waals surface area contributed by atoms with Crippen molar-refractivity contribution < 1.29 is 4.74 Å². The third kappa shape index (κ3) is 2.68. The Morgan fingerprint density at radius 1 is 1.29 bits per heavy atom. The van der Waals surface area contributed by atoms with Gasteiger partial charge in [-0.2, -0.15) is 5.26 Å². The molecular formula is C17H15ClN2O. The van der Waals surface area contributed by atoms with E-state index in [0.717, 1.165) is 17.0 Å². The maximum atomic E-state index is 8.93. The molecule has 0 amide bonds. The number of nitriles is 1. The van der Waals surface area contributed by atoms with Crippen LogP contribution in [0.3, 0.4) is 0 Å². The summed E-state index contributed by atoms with van der Waals surface area (Å²) in [6, 6.07) is 15.7. The summed E-state index contributed by atoms with van der Waals surface area (Å²) >= 11 is 6.10. The van der Waals surface area contributed by atoms with Crippen molar-refractivity contribution in [2.75, 3.05) is 11.9 Å². The molecule has 2 atom stereocenters. The molecule has 4 heteroatoms. The maximum Gasteiger partial charge on any atom is 0.124 e. The molecule has 1 heterocycles. The zero-order valence-electron chi connectivity index (χ0n) is 11.6. The van der Waals surface area contributed by atoms with Crippen molar-refractivity contribution >= 4 is 17.3 Å². The van der Waals surface area contributed by atoms with Gasteiger partial charge in [0.25, 0.3) is 0 Å². The number of halogens is 1. The number of para-hydroxylation sites is 1. The SMILES string of the molecule is CC1COc2ccccc2C1Nc1ccc(C#N)c(Cl)c1. The molecule has 0 aliphatic carbocycles. The van der Waals surface area contributed by atoms with Gasteiger partial charge in [-0.15, -0.1) is 0 Å². The van der Waals surface area contributed by atoms with Gasteiger partial charge in [0.05, 0.1) is 23.2 Å². The average Bonchev–Trinajstić information content (AvgIpc) is 2.50. The van der Waals surface area contributed by atoms with Gasteiger partial charge in [-0.3, -0.25) is 0 Å². The van der Waals surface area contributed by atoms with Crippen molar-refractivity contribution in [2.24, 2.45) is 5.92 Å². The minimum atomic E-state index is 0.166. The first-order valence-electron chi connectivity index (χ1n) is 6.87. The highest BCUT2D eigenvalue weighted by Crippen LogP contribution is 2.37. The normalized spacial score (nSPS) is 20.0. The highest BCUT2D eigenvalue weighted by Gasteiger charge is 2.27. The number of hydrogen-bond acceptors (Lipinski definition) is 3. The van der Waals surface area contributed by atoms with Crippen molar-refractivity contribution in [3.05, 3.63) is 58.6 Å². The Morgan fingerprint density at radius 3 is 2.86 bits per heavy atom. The molecule has 0 saturated heterocycles. The van der Waals surface area contributed by atoms with Gasteiger partial charge in [0.15, 0.2) is 0 Å². The van der Waals surface area contributed by atoms with Crippen LogP contribution in [0, 0.1) is 17.2 Å². The molecule has 2 unspecified atom stereocenters. The summed E-state index contributed by atoms with van der Waals surface area (Å²) in [5.74, 6) is 1.27. The van der Waals surface area contributed by atoms with Crippen LogP contribution in [0.4, 0.5) is 5.69 Å². The number of benzene rings is 2. The van der Waals surface area contributed by atoms with Gasteiger partial charge in [0.1, 0.15) is 11.8 Å². The number of nitrogens with zero attached hydrogens (tertiary/aromatic N) is 1. The number of anilines is 1. The largest absolute Gasteiger partial charge is 0.493 e. The van der Waals surface area contributed by atoms with Gasteiger partial charge in [-0.1, -0.05) is 36.7 Å². The Labute approximate surface area is 129 Å². The zero-order valence-corrected chi connectivity index (χ0v) is 12.4. The summed E-state index contributed by atoms with van der Waals surface area (Å²) in [5.41, 5.74) is 2.55. The third-order valence-electron chi connectivity index (χ3n) is 3.74. The standard InChI is InChI=1S/C17H15ClN2O/c1-11-10-21-16-5-3-2-4-14(16)17(11)20-13-7-6-12(9-19)15(18)8-13/h2-8,11,17,20H,10H2,1H3. The van der Waals surface area contributed by atoms with Crippen molar-refractivity contribution in [3.63, 3.8) is 0 Å². The maximum absolute atomic E-state index is 8.93. The van der Waals surface area contributed by atoms with E-state index in [9.17, 15) is 0 Å². The number of ether oxygens (including phenoxy) is 1. The summed E-state index contributed by atoms with van der Waals surface area (Å²) in [5, 5.41) is 12.9. The van der Waals surface area contributed by atoms with Crippen LogP contribution in [0.25, 0.3) is 0 Å². The molecule has 0 bridgehead atoms. The Balaban J connectivity index is 1.91. The quantitative estimate of drug-likeness (QED) is 0.894. The van der Waals surface area contributed by atoms with Crippen molar-refractivity contribution in [1.82, 2.24) is 0 Å². The van der Waals surface area contributed by atoms with Gasteiger partial charge in [-0.25, -0.2) is 0 Å². The summed E-state index contributed by atoms with van der Waals surface area (Å²) in [6.45, 7) is 2.83. The highest BCUT2D eigenvalue weighted by molar-refractivity contribution is 6.32. The lowest BCUT2D eigenvalue weighted by Crippen LogP contribution is -2.28. The van der Waals surface area contributed by atoms with Gasteiger partial charge in [0.2, 0.25) is 0 Å². The van der Waals surface area contributed by atoms with E-state index >= 15 is 0 Å². The second kappa shape index (κ2) is 5.67. The molecule has 3 nitrogen and oxygen atoms in total. The first kappa shape index (κ1) is 13.8. The van der Waals surface area contributed by atoms with E-state index in [-0.39, 0.29) is 6.04 Å². The Kier molecular flexibility index (Phi) is 3.72. The molecule has 0 saturated carbocycles. The van der Waals surface area contributed by atoms with E-state index < -0.39 is 0 Å². The van der Waals surface area contributed by atoms with Crippen molar-refractivity contribution in [1.29, 1.82) is 5.26 Å². The second-order valence-electron chi connectivity index (χ2n) is 5.25. The number of nitrogens with one attached hydrogen (secondary N) is 1. The number of rotatable bonds is 2. The van der Waals surface area contributed by atoms with Crippen LogP contribution in [-0.4, -0.2) is 6.61 Å². The lowest BCUT2D eigenvalue weighted by atomic mass is 9.92. The minimum Gasteiger partial charge on any atom is -0.493 e. The lowest BCUT2D eigenvalue weighted by molar-refractivity contribution is 0.214. The Bertz CT molecular complexity index is 708. The van der Waals surface area contributed by atoms with Crippen LogP contribution in [0.1, 0.15) is 24.1 Å². The summed E-state index contributed by atoms with van der Waals surface area (Å²) in [4.78, 5) is 0. The van der Waals surface area contributed by atoms with Crippen LogP contribution >= 0.6 is 11.6 Å². The smallest absolute Gasteiger partial charge is 0.124 e. The van der Waals surface area contributed by atoms with Crippen LogP contribution in [0.5, 0.6) is 5.75 Å². The van der Waals surface area contributed by atoms with Crippen LogP contribution in [0.15, 0.2) is 42.5 Å². The second-order valence-corrected chi connectivity index (χ2v) is 5.66. The van der Waals surface area contributed by atoms with E-state index in [2.05, 4.69) is 24.4 Å². The molecule has 2 aromatic carbocycles. The predicted octanol–water partition coefficient (Wildman–Crippen LogP) is 4.39. The number of fused-ring (bicyclic) bond motifs is 1. The van der Waals surface area contributed by atoms with Gasteiger partial charge in [0, 0.05) is 17.2 Å². The topological polar surface area (TPSA) is 45.0 Å². The van der Waals surface area contributed by atoms with Crippen LogP contribution < -0.4 is 10.1 Å². The first-order valence-corrected chi connectivity index (χ1v) is 7.25. The molecule has 0 aromatic heterocycles. The molecule has 106 valence electrons. The molecule has 2 aromatic rings. The summed E-state index contributed by atoms with van der Waals surface area (Å²) in [7, 11) is 0. The zero-order chi connectivity index (χ0) is 14.8. The highest BCUT2D eigenvalue weighted by atomic mass is 35.5. The molecule has 1 N–H and O–H groups in total. The fourth-order valence-corrected chi connectivity index (χ4v) is 2.81. The molecule has 21 heavy (non-hydrogen) atoms. The van der Waals surface area contributed by atoms with E-state index in [1.54, 1.807) is 12.1 Å². The summed E-state index contributed by atoms with van der Waals surface area (Å²) in [6.07, 6.45) is 0. The fraction of sp³-hybridized carbons (Fsp3) is 0.235. The van der Waals surface area contributed by atoms with Crippen molar-refractivity contribution in [2.45, 2.75) is 13.0 Å². The fourth-order valence-electron chi connectivity index (χ4n) is 2.59. The molecule has 3 rings (SSSR count). The first-order chi connectivity index (χ1) is 10.2. The monoisotopic (exact) mass is 298 g/mol. The van der Waals surface area contributed by atoms with E-state index in [1.807, 2.05) is 24.3 Å². The molecule has 1 aliphatic heterocycles. The molecule has 0 radical (unpaired) electrons. The van der Waals surface area contributed by atoms with E-state index in [1.165, 1.54) is 0 Å².